The fourth-order valence-electron chi connectivity index (χ4n) is 3.33. The monoisotopic (exact) mass is 490 g/mol. The lowest BCUT2D eigenvalue weighted by molar-refractivity contribution is -0.148. The van der Waals surface area contributed by atoms with Gasteiger partial charge in [-0.25, -0.2) is 15.2 Å². The third-order valence-electron chi connectivity index (χ3n) is 5.14. The van der Waals surface area contributed by atoms with Gasteiger partial charge in [0.25, 0.3) is 0 Å². The molecule has 3 rings (SSSR count). The van der Waals surface area contributed by atoms with Gasteiger partial charge in [-0.05, 0) is 49.6 Å². The minimum Gasteiger partial charge on any atom is -0.489 e. The van der Waals surface area contributed by atoms with Gasteiger partial charge in [0.1, 0.15) is 30.6 Å². The van der Waals surface area contributed by atoms with Crippen LogP contribution in [0.3, 0.4) is 0 Å². The van der Waals surface area contributed by atoms with Crippen LogP contribution in [0.2, 0.25) is 0 Å². The summed E-state index contributed by atoms with van der Waals surface area (Å²) in [5.41, 5.74) is 5.12. The molecule has 0 aliphatic carbocycles. The molecule has 0 aromatic heterocycles. The number of benzene rings is 3. The van der Waals surface area contributed by atoms with Crippen molar-refractivity contribution in [3.05, 3.63) is 102 Å². The molecule has 0 saturated heterocycles. The third kappa shape index (κ3) is 9.07. The van der Waals surface area contributed by atoms with Crippen LogP contribution in [0.5, 0.6) is 5.75 Å². The molecule has 0 bridgehead atoms. The predicted octanol–water partition coefficient (Wildman–Crippen LogP) is 5.29. The number of carbonyl (C=O) groups is 2. The molecule has 0 heterocycles. The second kappa shape index (κ2) is 12.7. The van der Waals surface area contributed by atoms with E-state index in [0.717, 1.165) is 22.4 Å². The van der Waals surface area contributed by atoms with E-state index >= 15 is 0 Å². The van der Waals surface area contributed by atoms with Gasteiger partial charge in [0.05, 0.1) is 0 Å². The molecule has 190 valence electrons. The van der Waals surface area contributed by atoms with E-state index < -0.39 is 23.7 Å². The van der Waals surface area contributed by atoms with Crippen molar-refractivity contribution in [3.63, 3.8) is 0 Å². The lowest BCUT2D eigenvalue weighted by Crippen LogP contribution is -2.51. The summed E-state index contributed by atoms with van der Waals surface area (Å²) in [6.45, 7) is 5.96. The number of carbonyl (C=O) groups excluding carboxylic acids is 2. The second-order valence-electron chi connectivity index (χ2n) is 9.44. The van der Waals surface area contributed by atoms with Gasteiger partial charge in [-0.3, -0.25) is 4.79 Å². The number of rotatable bonds is 10. The number of nitrogens with one attached hydrogen (secondary N) is 1. The molecule has 0 aliphatic heterocycles. The predicted molar refractivity (Wildman–Crippen MR) is 138 cm³/mol. The van der Waals surface area contributed by atoms with Crippen LogP contribution in [0.1, 0.15) is 37.5 Å². The molecule has 7 nitrogen and oxygen atoms in total. The third-order valence-corrected chi connectivity index (χ3v) is 5.14. The number of ether oxygens (including phenoxy) is 3. The summed E-state index contributed by atoms with van der Waals surface area (Å²) in [7, 11) is 1.52. The summed E-state index contributed by atoms with van der Waals surface area (Å²) in [5.74, 6) is 0.253. The van der Waals surface area contributed by atoms with E-state index in [9.17, 15) is 9.59 Å². The zero-order chi connectivity index (χ0) is 26.0. The standard InChI is InChI=1S/C29H34N2O5/c1-29(2,3)36-28(33)31(4)30-26(27(32)35-21-24-13-9-6-10-14-24)19-22-15-17-25(18-16-22)34-20-23-11-7-5-8-12-23/h5-18,26,30H,19-21H2,1-4H3. The van der Waals surface area contributed by atoms with Crippen molar-refractivity contribution >= 4 is 12.1 Å². The molecule has 1 unspecified atom stereocenters. The van der Waals surface area contributed by atoms with E-state index in [-0.39, 0.29) is 6.61 Å². The van der Waals surface area contributed by atoms with Gasteiger partial charge >= 0.3 is 12.1 Å². The molecule has 0 fully saturated rings. The second-order valence-corrected chi connectivity index (χ2v) is 9.44. The van der Waals surface area contributed by atoms with Gasteiger partial charge in [-0.1, -0.05) is 72.8 Å². The van der Waals surface area contributed by atoms with Crippen LogP contribution < -0.4 is 10.2 Å². The number of hydrogen-bond acceptors (Lipinski definition) is 6. The SMILES string of the molecule is CN(NC(Cc1ccc(OCc2ccccc2)cc1)C(=O)OCc1ccccc1)C(=O)OC(C)(C)C. The van der Waals surface area contributed by atoms with Crippen molar-refractivity contribution in [1.82, 2.24) is 10.4 Å². The zero-order valence-corrected chi connectivity index (χ0v) is 21.3. The van der Waals surface area contributed by atoms with Crippen molar-refractivity contribution in [1.29, 1.82) is 0 Å². The van der Waals surface area contributed by atoms with Crippen molar-refractivity contribution in [2.45, 2.75) is 52.0 Å². The first kappa shape index (κ1) is 26.8. The lowest BCUT2D eigenvalue weighted by atomic mass is 10.1. The molecule has 36 heavy (non-hydrogen) atoms. The maximum absolute atomic E-state index is 13.0. The molecule has 0 aliphatic rings. The maximum atomic E-state index is 13.0. The quantitative estimate of drug-likeness (QED) is 0.307. The van der Waals surface area contributed by atoms with E-state index in [2.05, 4.69) is 5.43 Å². The normalized spacial score (nSPS) is 11.9. The van der Waals surface area contributed by atoms with Crippen molar-refractivity contribution < 1.29 is 23.8 Å². The number of hydrogen-bond donors (Lipinski definition) is 1. The molecule has 3 aromatic rings. The summed E-state index contributed by atoms with van der Waals surface area (Å²) in [6.07, 6.45) is -0.285. The van der Waals surface area contributed by atoms with Crippen molar-refractivity contribution in [3.8, 4) is 5.75 Å². The fourth-order valence-corrected chi connectivity index (χ4v) is 3.33. The topological polar surface area (TPSA) is 77.1 Å². The van der Waals surface area contributed by atoms with Gasteiger partial charge in [0, 0.05) is 13.5 Å². The Hall–Kier alpha value is -3.84. The summed E-state index contributed by atoms with van der Waals surface area (Å²) in [4.78, 5) is 25.5. The molecular formula is C29H34N2O5. The molecule has 3 aromatic carbocycles. The molecule has 0 saturated carbocycles. The Labute approximate surface area is 213 Å². The lowest BCUT2D eigenvalue weighted by Gasteiger charge is -2.28. The minimum absolute atomic E-state index is 0.139. The van der Waals surface area contributed by atoms with Gasteiger partial charge in [0.2, 0.25) is 0 Å². The number of hydrazine groups is 1. The van der Waals surface area contributed by atoms with Crippen molar-refractivity contribution in [2.24, 2.45) is 0 Å². The van der Waals surface area contributed by atoms with Crippen LogP contribution >= 0.6 is 0 Å². The summed E-state index contributed by atoms with van der Waals surface area (Å²) < 4.78 is 16.8. The Morgan fingerprint density at radius 1 is 0.806 bits per heavy atom. The number of amides is 1. The van der Waals surface area contributed by atoms with E-state index in [4.69, 9.17) is 14.2 Å². The van der Waals surface area contributed by atoms with E-state index in [1.165, 1.54) is 12.1 Å². The Kier molecular flexibility index (Phi) is 9.47. The summed E-state index contributed by atoms with van der Waals surface area (Å²) in [6, 6.07) is 26.1. The van der Waals surface area contributed by atoms with Gasteiger partial charge in [-0.2, -0.15) is 0 Å². The van der Waals surface area contributed by atoms with Crippen LogP contribution in [0.25, 0.3) is 0 Å². The zero-order valence-electron chi connectivity index (χ0n) is 21.3. The first-order chi connectivity index (χ1) is 17.2. The summed E-state index contributed by atoms with van der Waals surface area (Å²) in [5, 5.41) is 1.18. The molecule has 7 heteroatoms. The molecule has 1 N–H and O–H groups in total. The Bertz CT molecular complexity index is 1100. The molecule has 0 radical (unpaired) electrons. The average molecular weight is 491 g/mol. The Balaban J connectivity index is 1.65. The van der Waals surface area contributed by atoms with E-state index in [1.54, 1.807) is 20.8 Å². The number of nitrogens with zero attached hydrogens (tertiary/aromatic N) is 1. The van der Waals surface area contributed by atoms with E-state index in [0.29, 0.717) is 13.0 Å². The molecule has 0 spiro atoms. The van der Waals surface area contributed by atoms with Gasteiger partial charge < -0.3 is 14.2 Å². The highest BCUT2D eigenvalue weighted by Gasteiger charge is 2.26. The van der Waals surface area contributed by atoms with Crippen LogP contribution in [-0.4, -0.2) is 35.8 Å². The smallest absolute Gasteiger partial charge is 0.424 e. The first-order valence-corrected chi connectivity index (χ1v) is 11.9. The van der Waals surface area contributed by atoms with Gasteiger partial charge in [0.15, 0.2) is 0 Å². The Morgan fingerprint density at radius 2 is 1.36 bits per heavy atom. The molecule has 1 amide bonds. The van der Waals surface area contributed by atoms with Crippen LogP contribution in [0.4, 0.5) is 4.79 Å². The average Bonchev–Trinajstić information content (AvgIpc) is 2.86. The highest BCUT2D eigenvalue weighted by Crippen LogP contribution is 2.16. The van der Waals surface area contributed by atoms with Crippen LogP contribution in [0.15, 0.2) is 84.9 Å². The highest BCUT2D eigenvalue weighted by molar-refractivity contribution is 5.77. The number of esters is 1. The highest BCUT2D eigenvalue weighted by atomic mass is 16.6. The Morgan fingerprint density at radius 3 is 1.92 bits per heavy atom. The van der Waals surface area contributed by atoms with Crippen LogP contribution in [0, 0.1) is 0 Å². The van der Waals surface area contributed by atoms with Gasteiger partial charge in [-0.15, -0.1) is 0 Å². The van der Waals surface area contributed by atoms with Crippen LogP contribution in [-0.2, 0) is 33.9 Å². The molecule has 1 atom stereocenters. The first-order valence-electron chi connectivity index (χ1n) is 11.9. The largest absolute Gasteiger partial charge is 0.489 e. The minimum atomic E-state index is -0.803. The maximum Gasteiger partial charge on any atom is 0.424 e. The molecular weight excluding hydrogens is 456 g/mol. The van der Waals surface area contributed by atoms with E-state index in [1.807, 2.05) is 84.9 Å². The van der Waals surface area contributed by atoms with Crippen molar-refractivity contribution in [2.75, 3.05) is 7.05 Å². The fraction of sp³-hybridized carbons (Fsp3) is 0.310. The summed E-state index contributed by atoms with van der Waals surface area (Å²) >= 11 is 0.